The second kappa shape index (κ2) is 5.43. The summed E-state index contributed by atoms with van der Waals surface area (Å²) in [4.78, 5) is 29.8. The van der Waals surface area contributed by atoms with E-state index in [4.69, 9.17) is 0 Å². The van der Waals surface area contributed by atoms with Gasteiger partial charge in [-0.1, -0.05) is 0 Å². The molecule has 1 aromatic carbocycles. The molecule has 0 radical (unpaired) electrons. The van der Waals surface area contributed by atoms with Gasteiger partial charge < -0.3 is 18.9 Å². The predicted molar refractivity (Wildman–Crippen MR) is 47.1 cm³/mol. The van der Waals surface area contributed by atoms with Crippen LogP contribution in [0.2, 0.25) is 0 Å². The molecule has 0 fully saturated rings. The van der Waals surface area contributed by atoms with E-state index in [1.807, 2.05) is 0 Å². The molecule has 15 heavy (non-hydrogen) atoms. The summed E-state index contributed by atoms with van der Waals surface area (Å²) in [7, 11) is -5.10. The number of nitrogens with zero attached hydrogens (tertiary/aromatic N) is 1. The van der Waals surface area contributed by atoms with Gasteiger partial charge in [0.1, 0.15) is 13.6 Å². The number of nitro groups is 1. The van der Waals surface area contributed by atoms with Gasteiger partial charge in [-0.3, -0.25) is 10.1 Å². The number of phosphoric acid groups is 1. The minimum absolute atomic E-state index is 0. The summed E-state index contributed by atoms with van der Waals surface area (Å²) in [6, 6.07) is 4.12. The van der Waals surface area contributed by atoms with E-state index in [0.29, 0.717) is 0 Å². The van der Waals surface area contributed by atoms with Gasteiger partial charge in [0.2, 0.25) is 0 Å². The summed E-state index contributed by atoms with van der Waals surface area (Å²) in [6.07, 6.45) is 0. The summed E-state index contributed by atoms with van der Waals surface area (Å²) in [6.45, 7) is 0. The molecule has 0 amide bonds. The Bertz CT molecular complexity index is 387. The normalized spacial score (nSPS) is 10.3. The van der Waals surface area contributed by atoms with Gasteiger partial charge >= 0.3 is 23.1 Å². The number of rotatable bonds is 3. The van der Waals surface area contributed by atoms with Crippen molar-refractivity contribution in [3.63, 3.8) is 0 Å². The molecule has 0 N–H and O–H groups in total. The molecule has 0 heterocycles. The van der Waals surface area contributed by atoms with Crippen LogP contribution in [0.5, 0.6) is 5.75 Å². The van der Waals surface area contributed by atoms with Gasteiger partial charge in [-0.25, -0.2) is 0 Å². The number of benzene rings is 1. The zero-order chi connectivity index (χ0) is 10.8. The van der Waals surface area contributed by atoms with Crippen molar-refractivity contribution in [3.05, 3.63) is 34.4 Å². The quantitative estimate of drug-likeness (QED) is 0.302. The molecule has 0 saturated carbocycles. The Balaban J connectivity index is 0.00000196. The number of phosphoric ester groups is 1. The van der Waals surface area contributed by atoms with Crippen molar-refractivity contribution in [1.29, 1.82) is 0 Å². The Labute approximate surface area is 101 Å². The number of hydrogen-bond acceptors (Lipinski definition) is 6. The van der Waals surface area contributed by atoms with Crippen molar-refractivity contribution in [2.24, 2.45) is 0 Å². The third-order valence-electron chi connectivity index (χ3n) is 1.26. The van der Waals surface area contributed by atoms with Crippen molar-refractivity contribution < 1.29 is 23.8 Å². The average Bonchev–Trinajstić information content (AvgIpc) is 2.02. The molecule has 9 heteroatoms. The third-order valence-corrected chi connectivity index (χ3v) is 1.70. The van der Waals surface area contributed by atoms with E-state index in [2.05, 4.69) is 4.52 Å². The van der Waals surface area contributed by atoms with Crippen LogP contribution >= 0.6 is 7.82 Å². The molecule has 0 aliphatic rings. The first kappa shape index (κ1) is 14.3. The summed E-state index contributed by atoms with van der Waals surface area (Å²) in [5.74, 6) is -0.246. The summed E-state index contributed by atoms with van der Waals surface area (Å²) >= 11 is 0. The van der Waals surface area contributed by atoms with Crippen LogP contribution in [0, 0.1) is 10.1 Å². The van der Waals surface area contributed by atoms with Crippen LogP contribution in [0.1, 0.15) is 0 Å². The van der Waals surface area contributed by atoms with Gasteiger partial charge in [0.05, 0.1) is 4.92 Å². The molecule has 0 aromatic heterocycles. The molecule has 0 aliphatic heterocycles. The predicted octanol–water partition coefficient (Wildman–Crippen LogP) is -0.579. The Morgan fingerprint density at radius 3 is 2.00 bits per heavy atom. The topological polar surface area (TPSA) is 116 Å². The Morgan fingerprint density at radius 2 is 1.67 bits per heavy atom. The SMILES string of the molecule is O=[N+]([O-])c1ccc(OP(=O)([O-])[O-])cc1.[Mg+2]. The maximum absolute atomic E-state index is 10.2. The van der Waals surface area contributed by atoms with Crippen LogP contribution < -0.4 is 14.3 Å². The minimum atomic E-state index is -5.10. The molecule has 7 nitrogen and oxygen atoms in total. The monoisotopic (exact) mass is 241 g/mol. The summed E-state index contributed by atoms with van der Waals surface area (Å²) < 4.78 is 14.1. The zero-order valence-electron chi connectivity index (χ0n) is 7.36. The molecule has 1 rings (SSSR count). The molecular formula is C6H4MgNO6P. The van der Waals surface area contributed by atoms with Crippen molar-refractivity contribution in [3.8, 4) is 5.75 Å². The minimum Gasteiger partial charge on any atom is -0.780 e. The zero-order valence-corrected chi connectivity index (χ0v) is 9.67. The Kier molecular flexibility index (Phi) is 5.19. The van der Waals surface area contributed by atoms with E-state index < -0.39 is 12.7 Å². The van der Waals surface area contributed by atoms with Crippen LogP contribution in [0.15, 0.2) is 24.3 Å². The Hall–Kier alpha value is -0.664. The van der Waals surface area contributed by atoms with Crippen molar-refractivity contribution in [2.75, 3.05) is 0 Å². The number of hydrogen-bond donors (Lipinski definition) is 0. The van der Waals surface area contributed by atoms with E-state index in [1.165, 1.54) is 0 Å². The van der Waals surface area contributed by atoms with E-state index in [1.54, 1.807) is 0 Å². The largest absolute Gasteiger partial charge is 2.00 e. The van der Waals surface area contributed by atoms with Crippen molar-refractivity contribution in [2.45, 2.75) is 0 Å². The third kappa shape index (κ3) is 5.10. The van der Waals surface area contributed by atoms with E-state index in [9.17, 15) is 24.5 Å². The molecular weight excluding hydrogens is 237 g/mol. The van der Waals surface area contributed by atoms with Crippen LogP contribution in [-0.2, 0) is 4.57 Å². The van der Waals surface area contributed by atoms with Gasteiger partial charge in [-0.05, 0) is 12.1 Å². The van der Waals surface area contributed by atoms with Crippen LogP contribution in [-0.4, -0.2) is 28.0 Å². The summed E-state index contributed by atoms with van der Waals surface area (Å²) in [5.41, 5.74) is -0.219. The average molecular weight is 241 g/mol. The Morgan fingerprint density at radius 1 is 1.20 bits per heavy atom. The van der Waals surface area contributed by atoms with Gasteiger partial charge in [0.15, 0.2) is 0 Å². The molecule has 1 aromatic rings. The maximum atomic E-state index is 10.2. The molecule has 0 saturated heterocycles. The van der Waals surface area contributed by atoms with Crippen LogP contribution in [0.4, 0.5) is 5.69 Å². The molecule has 0 atom stereocenters. The van der Waals surface area contributed by atoms with Crippen LogP contribution in [0.25, 0.3) is 0 Å². The van der Waals surface area contributed by atoms with Gasteiger partial charge in [0.25, 0.3) is 5.69 Å². The van der Waals surface area contributed by atoms with Gasteiger partial charge in [-0.2, -0.15) is 0 Å². The van der Waals surface area contributed by atoms with E-state index in [0.717, 1.165) is 24.3 Å². The molecule has 0 spiro atoms. The number of nitro benzene ring substituents is 1. The fourth-order valence-electron chi connectivity index (χ4n) is 0.758. The molecule has 0 bridgehead atoms. The smallest absolute Gasteiger partial charge is 0.780 e. The molecule has 76 valence electrons. The van der Waals surface area contributed by atoms with E-state index >= 15 is 0 Å². The second-order valence-corrected chi connectivity index (χ2v) is 3.37. The first-order valence-corrected chi connectivity index (χ1v) is 4.81. The molecule has 0 unspecified atom stereocenters. The van der Waals surface area contributed by atoms with Crippen molar-refractivity contribution >= 4 is 36.6 Å². The maximum Gasteiger partial charge on any atom is 2.00 e. The van der Waals surface area contributed by atoms with Gasteiger partial charge in [-0.15, -0.1) is 0 Å². The first-order valence-electron chi connectivity index (χ1n) is 3.34. The first-order chi connectivity index (χ1) is 6.38. The van der Waals surface area contributed by atoms with E-state index in [-0.39, 0.29) is 34.5 Å². The van der Waals surface area contributed by atoms with Gasteiger partial charge in [0, 0.05) is 12.1 Å². The number of non-ortho nitro benzene ring substituents is 1. The fourth-order valence-corrected chi connectivity index (χ4v) is 1.14. The van der Waals surface area contributed by atoms with Crippen LogP contribution in [0.3, 0.4) is 0 Å². The molecule has 0 aliphatic carbocycles. The van der Waals surface area contributed by atoms with Crippen molar-refractivity contribution in [1.82, 2.24) is 0 Å². The second-order valence-electron chi connectivity index (χ2n) is 2.29. The fraction of sp³-hybridized carbons (Fsp3) is 0. The standard InChI is InChI=1S/C6H6NO6P.Mg/c8-7(9)5-1-3-6(4-2-5)13-14(10,11)12;/h1-4H,(H2,10,11,12);/q;+2/p-2. The summed E-state index contributed by atoms with van der Waals surface area (Å²) in [5, 5.41) is 10.2.